The van der Waals surface area contributed by atoms with Crippen molar-refractivity contribution in [3.05, 3.63) is 72.6 Å². The topological polar surface area (TPSA) is 50.4 Å². The summed E-state index contributed by atoms with van der Waals surface area (Å²) in [5.41, 5.74) is 4.37. The maximum absolute atomic E-state index is 4.55. The first-order valence-corrected chi connectivity index (χ1v) is 7.57. The van der Waals surface area contributed by atoms with Crippen LogP contribution in [0, 0.1) is 0 Å². The number of nitrogens with one attached hydrogen (secondary N) is 1. The third-order valence-corrected chi connectivity index (χ3v) is 4.24. The van der Waals surface area contributed by atoms with Crippen LogP contribution < -0.4 is 4.57 Å². The number of rotatable bonds is 1. The van der Waals surface area contributed by atoms with Gasteiger partial charge in [0.1, 0.15) is 17.1 Å². The van der Waals surface area contributed by atoms with Crippen LogP contribution in [0.5, 0.6) is 0 Å². The van der Waals surface area contributed by atoms with Gasteiger partial charge in [-0.1, -0.05) is 24.3 Å². The Balaban J connectivity index is 1.87. The van der Waals surface area contributed by atoms with Crippen LogP contribution in [0.2, 0.25) is 0 Å². The van der Waals surface area contributed by atoms with Crippen molar-refractivity contribution in [1.82, 2.24) is 19.7 Å². The number of fused-ring (bicyclic) bond motifs is 5. The Hall–Kier alpha value is -3.21. The summed E-state index contributed by atoms with van der Waals surface area (Å²) in [6, 6.07) is 18.5. The zero-order valence-corrected chi connectivity index (χ0v) is 12.3. The highest BCUT2D eigenvalue weighted by atomic mass is 15.3. The number of pyridine rings is 1. The summed E-state index contributed by atoms with van der Waals surface area (Å²) in [7, 11) is 0. The van der Waals surface area contributed by atoms with Crippen molar-refractivity contribution in [2.45, 2.75) is 6.54 Å². The average molecular weight is 300 g/mol. The summed E-state index contributed by atoms with van der Waals surface area (Å²) < 4.78 is 4.40. The number of hydrogen-bond acceptors (Lipinski definition) is 2. The summed E-state index contributed by atoms with van der Waals surface area (Å²) in [6.45, 7) is 0.843. The van der Waals surface area contributed by atoms with Gasteiger partial charge in [0.05, 0.1) is 6.54 Å². The van der Waals surface area contributed by atoms with E-state index in [0.29, 0.717) is 0 Å². The van der Waals surface area contributed by atoms with Gasteiger partial charge in [-0.25, -0.2) is 4.98 Å². The van der Waals surface area contributed by atoms with Crippen molar-refractivity contribution in [2.24, 2.45) is 0 Å². The van der Waals surface area contributed by atoms with Crippen LogP contribution >= 0.6 is 0 Å². The SMILES string of the molecule is c1ccc(-c2n[nH]c3[n+]2-c2ccccc2Cn2cccc2-3)nc1. The Kier molecular flexibility index (Phi) is 2.49. The van der Waals surface area contributed by atoms with Crippen LogP contribution in [0.1, 0.15) is 5.56 Å². The molecule has 5 nitrogen and oxygen atoms in total. The first-order valence-electron chi connectivity index (χ1n) is 7.57. The lowest BCUT2D eigenvalue weighted by Gasteiger charge is -2.06. The van der Waals surface area contributed by atoms with E-state index in [1.54, 1.807) is 6.20 Å². The number of hydrogen-bond donors (Lipinski definition) is 1. The van der Waals surface area contributed by atoms with E-state index in [4.69, 9.17) is 0 Å². The Morgan fingerprint density at radius 2 is 1.91 bits per heavy atom. The number of aromatic amines is 1. The number of para-hydroxylation sites is 1. The molecule has 1 aliphatic rings. The first kappa shape index (κ1) is 12.3. The number of aromatic nitrogens is 5. The first-order chi connectivity index (χ1) is 11.4. The van der Waals surface area contributed by atoms with E-state index in [-0.39, 0.29) is 0 Å². The van der Waals surface area contributed by atoms with Gasteiger partial charge in [0.2, 0.25) is 0 Å². The van der Waals surface area contributed by atoms with E-state index in [1.807, 2.05) is 18.2 Å². The molecule has 1 aromatic carbocycles. The van der Waals surface area contributed by atoms with Crippen LogP contribution in [0.3, 0.4) is 0 Å². The Morgan fingerprint density at radius 1 is 1.00 bits per heavy atom. The van der Waals surface area contributed by atoms with Gasteiger partial charge in [0.25, 0.3) is 5.82 Å². The predicted octanol–water partition coefficient (Wildman–Crippen LogP) is 2.58. The van der Waals surface area contributed by atoms with Crippen LogP contribution in [0.25, 0.3) is 28.7 Å². The second-order valence-electron chi connectivity index (χ2n) is 5.60. The van der Waals surface area contributed by atoms with Crippen molar-refractivity contribution in [2.75, 3.05) is 0 Å². The average Bonchev–Trinajstić information content (AvgIpc) is 3.20. The molecule has 0 saturated carbocycles. The van der Waals surface area contributed by atoms with E-state index < -0.39 is 0 Å². The molecule has 0 radical (unpaired) electrons. The minimum Gasteiger partial charge on any atom is -0.338 e. The van der Waals surface area contributed by atoms with Crippen molar-refractivity contribution >= 4 is 0 Å². The van der Waals surface area contributed by atoms with E-state index in [9.17, 15) is 0 Å². The van der Waals surface area contributed by atoms with Crippen molar-refractivity contribution in [3.63, 3.8) is 0 Å². The molecule has 1 aliphatic heterocycles. The van der Waals surface area contributed by atoms with E-state index in [2.05, 4.69) is 66.9 Å². The normalized spacial score (nSPS) is 12.2. The van der Waals surface area contributed by atoms with Gasteiger partial charge < -0.3 is 4.57 Å². The summed E-state index contributed by atoms with van der Waals surface area (Å²) in [6.07, 6.45) is 3.89. The third-order valence-electron chi connectivity index (χ3n) is 4.24. The highest BCUT2D eigenvalue weighted by Crippen LogP contribution is 2.26. The maximum Gasteiger partial charge on any atom is 0.332 e. The molecule has 5 heteroatoms. The number of nitrogens with zero attached hydrogens (tertiary/aromatic N) is 4. The van der Waals surface area contributed by atoms with Crippen LogP contribution in [0.4, 0.5) is 0 Å². The lowest BCUT2D eigenvalue weighted by atomic mass is 10.1. The van der Waals surface area contributed by atoms with E-state index in [1.165, 1.54) is 5.56 Å². The van der Waals surface area contributed by atoms with Gasteiger partial charge in [0, 0.05) is 23.1 Å². The molecule has 0 saturated heterocycles. The minimum atomic E-state index is 0.822. The van der Waals surface area contributed by atoms with Crippen LogP contribution in [-0.2, 0) is 6.54 Å². The monoisotopic (exact) mass is 300 g/mol. The maximum atomic E-state index is 4.55. The lowest BCUT2D eigenvalue weighted by molar-refractivity contribution is -0.572. The largest absolute Gasteiger partial charge is 0.338 e. The Labute approximate surface area is 132 Å². The summed E-state index contributed by atoms with van der Waals surface area (Å²) in [4.78, 5) is 4.47. The van der Waals surface area contributed by atoms with Gasteiger partial charge >= 0.3 is 5.82 Å². The zero-order chi connectivity index (χ0) is 15.2. The highest BCUT2D eigenvalue weighted by Gasteiger charge is 2.30. The minimum absolute atomic E-state index is 0.822. The quantitative estimate of drug-likeness (QED) is 0.484. The van der Waals surface area contributed by atoms with E-state index >= 15 is 0 Å². The number of benzene rings is 1. The fraction of sp³-hybridized carbons (Fsp3) is 0.0556. The molecule has 0 atom stereocenters. The Bertz CT molecular complexity index is 997. The van der Waals surface area contributed by atoms with Gasteiger partial charge in [-0.2, -0.15) is 4.57 Å². The molecular formula is C18H14N5+. The fourth-order valence-electron chi connectivity index (χ4n) is 3.20. The second kappa shape index (κ2) is 4.64. The molecule has 3 aromatic heterocycles. The molecule has 0 unspecified atom stereocenters. The molecule has 1 N–H and O–H groups in total. The molecule has 0 bridgehead atoms. The summed E-state index contributed by atoms with van der Waals surface area (Å²) >= 11 is 0. The van der Waals surface area contributed by atoms with Crippen molar-refractivity contribution < 1.29 is 4.57 Å². The molecule has 110 valence electrons. The lowest BCUT2D eigenvalue weighted by Crippen LogP contribution is -2.34. The molecule has 5 rings (SSSR count). The molecular weight excluding hydrogens is 286 g/mol. The molecule has 0 amide bonds. The molecule has 4 aromatic rings. The van der Waals surface area contributed by atoms with E-state index in [0.717, 1.165) is 35.3 Å². The predicted molar refractivity (Wildman–Crippen MR) is 85.9 cm³/mol. The summed E-state index contributed by atoms with van der Waals surface area (Å²) in [5, 5.41) is 7.75. The zero-order valence-electron chi connectivity index (χ0n) is 12.3. The Morgan fingerprint density at radius 3 is 2.83 bits per heavy atom. The standard InChI is InChI=1S/C18H13N5/c1-2-8-15-13(6-1)12-22-11-5-9-16(22)18-21-20-17(23(15)18)14-7-3-4-10-19-14/h1-11H,12H2/p+1. The van der Waals surface area contributed by atoms with Gasteiger partial charge in [-0.05, 0) is 30.3 Å². The van der Waals surface area contributed by atoms with Gasteiger partial charge in [0.15, 0.2) is 0 Å². The van der Waals surface area contributed by atoms with Crippen molar-refractivity contribution in [3.8, 4) is 28.7 Å². The second-order valence-corrected chi connectivity index (χ2v) is 5.60. The molecule has 0 spiro atoms. The molecule has 0 fully saturated rings. The molecule has 4 heterocycles. The smallest absolute Gasteiger partial charge is 0.332 e. The third kappa shape index (κ3) is 1.76. The highest BCUT2D eigenvalue weighted by molar-refractivity contribution is 5.55. The van der Waals surface area contributed by atoms with Gasteiger partial charge in [-0.3, -0.25) is 0 Å². The summed E-state index contributed by atoms with van der Waals surface area (Å²) in [5.74, 6) is 1.79. The fourth-order valence-corrected chi connectivity index (χ4v) is 3.20. The van der Waals surface area contributed by atoms with Crippen LogP contribution in [-0.4, -0.2) is 19.7 Å². The number of H-pyrrole nitrogens is 1. The van der Waals surface area contributed by atoms with Crippen LogP contribution in [0.15, 0.2) is 67.0 Å². The van der Waals surface area contributed by atoms with Gasteiger partial charge in [-0.15, -0.1) is 5.10 Å². The van der Waals surface area contributed by atoms with Crippen molar-refractivity contribution in [1.29, 1.82) is 0 Å². The molecule has 23 heavy (non-hydrogen) atoms. The molecule has 0 aliphatic carbocycles.